The Morgan fingerprint density at radius 1 is 1.35 bits per heavy atom. The van der Waals surface area contributed by atoms with E-state index in [0.717, 1.165) is 13.5 Å². The molecule has 6 nitrogen and oxygen atoms in total. The maximum Gasteiger partial charge on any atom is 0.351 e. The minimum absolute atomic E-state index is 0. The average Bonchev–Trinajstić information content (AvgIpc) is 3.15. The molecule has 1 unspecified atom stereocenters. The number of rotatable bonds is 7. The highest BCUT2D eigenvalue weighted by molar-refractivity contribution is 5.85. The summed E-state index contributed by atoms with van der Waals surface area (Å²) in [6, 6.07) is 6.88. The van der Waals surface area contributed by atoms with Crippen LogP contribution in [0.5, 0.6) is 0 Å². The first kappa shape index (κ1) is 22.3. The number of halogens is 3. The average molecular weight is 392 g/mol. The van der Waals surface area contributed by atoms with E-state index in [1.165, 1.54) is 0 Å². The van der Waals surface area contributed by atoms with Crippen molar-refractivity contribution in [3.05, 3.63) is 35.9 Å². The van der Waals surface area contributed by atoms with E-state index in [-0.39, 0.29) is 18.8 Å². The molecule has 0 spiro atoms. The van der Waals surface area contributed by atoms with Crippen molar-refractivity contribution in [3.8, 4) is 0 Å². The highest BCUT2D eigenvalue weighted by Gasteiger charge is 2.50. The van der Waals surface area contributed by atoms with Crippen molar-refractivity contribution in [2.24, 2.45) is 0 Å². The van der Waals surface area contributed by atoms with Gasteiger partial charge in [0.2, 0.25) is 5.91 Å². The van der Waals surface area contributed by atoms with Crippen LogP contribution in [-0.2, 0) is 16.0 Å². The Balaban J connectivity index is 0.00000338. The third kappa shape index (κ3) is 5.36. The molecule has 2 amide bonds. The van der Waals surface area contributed by atoms with E-state index in [1.807, 2.05) is 5.32 Å². The number of hydrogen-bond acceptors (Lipinski definition) is 4. The van der Waals surface area contributed by atoms with E-state index < -0.39 is 35.9 Å². The Kier molecular flexibility index (Phi) is 8.39. The smallest absolute Gasteiger partial charge is 0.351 e. The lowest BCUT2D eigenvalue weighted by Gasteiger charge is -2.30. The summed E-state index contributed by atoms with van der Waals surface area (Å²) in [6.07, 6.45) is -0.949. The quantitative estimate of drug-likeness (QED) is 0.549. The van der Waals surface area contributed by atoms with E-state index in [9.17, 15) is 23.5 Å². The molecule has 3 atom stereocenters. The molecule has 2 rings (SSSR count). The molecule has 26 heavy (non-hydrogen) atoms. The van der Waals surface area contributed by atoms with Crippen molar-refractivity contribution >= 4 is 24.2 Å². The molecule has 1 saturated heterocycles. The number of aliphatic hydroxyl groups excluding tert-OH is 1. The van der Waals surface area contributed by atoms with Gasteiger partial charge < -0.3 is 21.1 Å². The molecule has 0 radical (unpaired) electrons. The minimum atomic E-state index is -4.02. The molecule has 0 aliphatic carbocycles. The van der Waals surface area contributed by atoms with Crippen molar-refractivity contribution in [2.75, 3.05) is 13.6 Å². The molecule has 1 aliphatic heterocycles. The van der Waals surface area contributed by atoms with Gasteiger partial charge in [-0.05, 0) is 31.4 Å². The number of aliphatic hydroxyl groups is 1. The summed E-state index contributed by atoms with van der Waals surface area (Å²) in [5.74, 6) is -6.07. The Bertz CT molecular complexity index is 598. The summed E-state index contributed by atoms with van der Waals surface area (Å²) < 4.78 is 28.3. The van der Waals surface area contributed by atoms with Gasteiger partial charge in [-0.2, -0.15) is 8.78 Å². The van der Waals surface area contributed by atoms with Gasteiger partial charge >= 0.3 is 5.92 Å². The van der Waals surface area contributed by atoms with Crippen LogP contribution < -0.4 is 16.0 Å². The minimum Gasteiger partial charge on any atom is -0.384 e. The van der Waals surface area contributed by atoms with Crippen LogP contribution in [0, 0.1) is 0 Å². The van der Waals surface area contributed by atoms with Crippen molar-refractivity contribution < 1.29 is 23.5 Å². The first-order chi connectivity index (χ1) is 11.9. The van der Waals surface area contributed by atoms with Crippen molar-refractivity contribution in [3.63, 3.8) is 0 Å². The number of amides is 2. The van der Waals surface area contributed by atoms with E-state index >= 15 is 0 Å². The lowest BCUT2D eigenvalue weighted by atomic mass is 9.96. The number of carbonyl (C=O) groups excluding carboxylic acids is 2. The van der Waals surface area contributed by atoms with Crippen LogP contribution in [0.2, 0.25) is 0 Å². The standard InChI is InChI=1S/C17H23F2N3O3.ClH/c1-20-16(25)17(18,19)14(23)13(10-11-6-3-2-4-7-11)22-15(24)12-8-5-9-21-12;/h2-4,6-7,12-14,21,23H,5,8-10H2,1H3,(H,20,25)(H,22,24);1H/t12-,13?,14+;/m0./s1. The lowest BCUT2D eigenvalue weighted by molar-refractivity contribution is -0.167. The number of alkyl halides is 2. The van der Waals surface area contributed by atoms with Gasteiger partial charge in [-0.15, -0.1) is 12.4 Å². The molecule has 1 heterocycles. The maximum absolute atomic E-state index is 14.2. The maximum atomic E-state index is 14.2. The van der Waals surface area contributed by atoms with Gasteiger partial charge in [0, 0.05) is 7.05 Å². The molecule has 1 aromatic carbocycles. The largest absolute Gasteiger partial charge is 0.384 e. The molecular weight excluding hydrogens is 368 g/mol. The van der Waals surface area contributed by atoms with Crippen LogP contribution in [-0.4, -0.2) is 54.6 Å². The van der Waals surface area contributed by atoms with Crippen LogP contribution >= 0.6 is 12.4 Å². The van der Waals surface area contributed by atoms with Crippen LogP contribution in [0.15, 0.2) is 30.3 Å². The zero-order valence-electron chi connectivity index (χ0n) is 14.4. The van der Waals surface area contributed by atoms with Gasteiger partial charge in [0.05, 0.1) is 12.1 Å². The van der Waals surface area contributed by atoms with Crippen molar-refractivity contribution in [1.82, 2.24) is 16.0 Å². The summed E-state index contributed by atoms with van der Waals surface area (Å²) in [5.41, 5.74) is 0.666. The molecule has 1 fully saturated rings. The van der Waals surface area contributed by atoms with Crippen molar-refractivity contribution in [2.45, 2.75) is 43.4 Å². The second kappa shape index (κ2) is 9.80. The van der Waals surface area contributed by atoms with Gasteiger partial charge in [-0.3, -0.25) is 9.59 Å². The Morgan fingerprint density at radius 2 is 2.00 bits per heavy atom. The van der Waals surface area contributed by atoms with Gasteiger partial charge in [-0.1, -0.05) is 30.3 Å². The Hall–Kier alpha value is -1.77. The third-order valence-electron chi connectivity index (χ3n) is 4.29. The molecule has 0 aromatic heterocycles. The fourth-order valence-electron chi connectivity index (χ4n) is 2.85. The lowest BCUT2D eigenvalue weighted by Crippen LogP contribution is -2.59. The number of benzene rings is 1. The van der Waals surface area contributed by atoms with Crippen LogP contribution in [0.4, 0.5) is 8.78 Å². The molecule has 4 N–H and O–H groups in total. The number of nitrogens with one attached hydrogen (secondary N) is 3. The van der Waals surface area contributed by atoms with Crippen molar-refractivity contribution in [1.29, 1.82) is 0 Å². The summed E-state index contributed by atoms with van der Waals surface area (Å²) >= 11 is 0. The van der Waals surface area contributed by atoms with Gasteiger partial charge in [0.25, 0.3) is 5.91 Å². The predicted octanol–water partition coefficient (Wildman–Crippen LogP) is 0.630. The van der Waals surface area contributed by atoms with E-state index in [4.69, 9.17) is 0 Å². The predicted molar refractivity (Wildman–Crippen MR) is 95.4 cm³/mol. The summed E-state index contributed by atoms with van der Waals surface area (Å²) in [7, 11) is 1.07. The van der Waals surface area contributed by atoms with Crippen LogP contribution in [0.25, 0.3) is 0 Å². The Morgan fingerprint density at radius 3 is 2.54 bits per heavy atom. The summed E-state index contributed by atoms with van der Waals surface area (Å²) in [5, 5.41) is 17.4. The molecule has 0 saturated carbocycles. The molecule has 0 bridgehead atoms. The Labute approximate surface area is 157 Å². The summed E-state index contributed by atoms with van der Waals surface area (Å²) in [4.78, 5) is 23.7. The van der Waals surface area contributed by atoms with Gasteiger partial charge in [0.1, 0.15) is 6.10 Å². The molecular formula is C17H24ClF2N3O3. The third-order valence-corrected chi connectivity index (χ3v) is 4.29. The number of carbonyl (C=O) groups is 2. The fraction of sp³-hybridized carbons (Fsp3) is 0.529. The number of hydrogen-bond donors (Lipinski definition) is 4. The second-order valence-electron chi connectivity index (χ2n) is 6.10. The van der Waals surface area contributed by atoms with Gasteiger partial charge in [-0.25, -0.2) is 0 Å². The van der Waals surface area contributed by atoms with Crippen LogP contribution in [0.3, 0.4) is 0 Å². The normalized spacial score (nSPS) is 19.2. The molecule has 146 valence electrons. The first-order valence-corrected chi connectivity index (χ1v) is 8.22. The summed E-state index contributed by atoms with van der Waals surface area (Å²) in [6.45, 7) is 0.679. The topological polar surface area (TPSA) is 90.5 Å². The fourth-order valence-corrected chi connectivity index (χ4v) is 2.85. The molecule has 1 aliphatic rings. The van der Waals surface area contributed by atoms with E-state index in [1.54, 1.807) is 30.3 Å². The second-order valence-corrected chi connectivity index (χ2v) is 6.10. The van der Waals surface area contributed by atoms with E-state index in [0.29, 0.717) is 18.5 Å². The highest BCUT2D eigenvalue weighted by Crippen LogP contribution is 2.23. The molecule has 9 heteroatoms. The van der Waals surface area contributed by atoms with E-state index in [2.05, 4.69) is 10.6 Å². The first-order valence-electron chi connectivity index (χ1n) is 8.22. The van der Waals surface area contributed by atoms with Gasteiger partial charge in [0.15, 0.2) is 0 Å². The SMILES string of the molecule is CNC(=O)C(F)(F)[C@H](O)C(Cc1ccccc1)NC(=O)[C@@H]1CCCN1.Cl. The zero-order chi connectivity index (χ0) is 18.4. The molecule has 1 aromatic rings. The zero-order valence-corrected chi connectivity index (χ0v) is 15.2. The monoisotopic (exact) mass is 391 g/mol. The van der Waals surface area contributed by atoms with Crippen LogP contribution in [0.1, 0.15) is 18.4 Å². The highest BCUT2D eigenvalue weighted by atomic mass is 35.5.